The van der Waals surface area contributed by atoms with E-state index in [1.165, 1.54) is 0 Å². The van der Waals surface area contributed by atoms with Crippen LogP contribution >= 0.6 is 0 Å². The minimum atomic E-state index is -1.31. The van der Waals surface area contributed by atoms with Gasteiger partial charge in [-0.25, -0.2) is 0 Å². The fourth-order valence-corrected chi connectivity index (χ4v) is 1.79. The quantitative estimate of drug-likeness (QED) is 0.530. The number of anilines is 1. The van der Waals surface area contributed by atoms with Gasteiger partial charge in [-0.1, -0.05) is 0 Å². The summed E-state index contributed by atoms with van der Waals surface area (Å²) in [4.78, 5) is 0. The molecule has 5 N–H and O–H groups in total. The van der Waals surface area contributed by atoms with E-state index in [4.69, 9.17) is 15.2 Å². The lowest BCUT2D eigenvalue weighted by atomic mass is 10.00. The minimum absolute atomic E-state index is 0.462. The molecule has 0 radical (unpaired) electrons. The minimum Gasteiger partial charge on any atom is -0.462 e. The zero-order valence-corrected chi connectivity index (χ0v) is 9.93. The van der Waals surface area contributed by atoms with Gasteiger partial charge in [0, 0.05) is 5.69 Å². The maximum atomic E-state index is 9.76. The van der Waals surface area contributed by atoms with Gasteiger partial charge in [0.25, 0.3) is 0 Å². The average molecular weight is 255 g/mol. The largest absolute Gasteiger partial charge is 0.462 e. The second-order valence-corrected chi connectivity index (χ2v) is 4.37. The highest BCUT2D eigenvalue weighted by molar-refractivity contribution is 5.41. The first kappa shape index (κ1) is 13.1. The van der Waals surface area contributed by atoms with Crippen molar-refractivity contribution in [2.75, 3.05) is 5.73 Å². The van der Waals surface area contributed by atoms with E-state index in [0.29, 0.717) is 11.4 Å². The summed E-state index contributed by atoms with van der Waals surface area (Å²) < 4.78 is 10.7. The summed E-state index contributed by atoms with van der Waals surface area (Å²) in [6.07, 6.45) is -5.39. The van der Waals surface area contributed by atoms with Crippen molar-refractivity contribution in [1.82, 2.24) is 0 Å². The summed E-state index contributed by atoms with van der Waals surface area (Å²) in [7, 11) is 0. The molecular weight excluding hydrogens is 238 g/mol. The summed E-state index contributed by atoms with van der Waals surface area (Å²) in [5, 5.41) is 28.9. The van der Waals surface area contributed by atoms with Gasteiger partial charge >= 0.3 is 0 Å². The van der Waals surface area contributed by atoms with Crippen LogP contribution in [0, 0.1) is 0 Å². The summed E-state index contributed by atoms with van der Waals surface area (Å²) in [6, 6.07) is 6.57. The van der Waals surface area contributed by atoms with E-state index in [9.17, 15) is 15.3 Å². The molecule has 18 heavy (non-hydrogen) atoms. The Kier molecular flexibility index (Phi) is 3.72. The van der Waals surface area contributed by atoms with Crippen molar-refractivity contribution in [1.29, 1.82) is 0 Å². The fourth-order valence-electron chi connectivity index (χ4n) is 1.79. The molecule has 1 aliphatic heterocycles. The number of aliphatic hydroxyl groups is 3. The second kappa shape index (κ2) is 5.11. The molecular formula is C12H17NO5. The van der Waals surface area contributed by atoms with Crippen molar-refractivity contribution in [3.8, 4) is 5.75 Å². The standard InChI is InChI=1S/C12H17NO5/c1-6-9(14)10(15)11(16)12(17-6)18-8-4-2-7(13)3-5-8/h2-6,9-12,14-16H,13H2,1H3/t6?,9-,10?,11?,12+/m1/s1. The molecule has 0 saturated carbocycles. The Labute approximate surface area is 105 Å². The van der Waals surface area contributed by atoms with Crippen molar-refractivity contribution < 1.29 is 24.8 Å². The Morgan fingerprint density at radius 1 is 1.06 bits per heavy atom. The average Bonchev–Trinajstić information content (AvgIpc) is 2.36. The lowest BCUT2D eigenvalue weighted by Gasteiger charge is -2.38. The van der Waals surface area contributed by atoms with Crippen LogP contribution in [0.5, 0.6) is 5.75 Å². The number of hydrogen-bond acceptors (Lipinski definition) is 6. The van der Waals surface area contributed by atoms with Crippen LogP contribution in [0.3, 0.4) is 0 Å². The van der Waals surface area contributed by atoms with E-state index in [0.717, 1.165) is 0 Å². The van der Waals surface area contributed by atoms with Gasteiger partial charge in [0.15, 0.2) is 0 Å². The summed E-state index contributed by atoms with van der Waals surface area (Å²) in [5.41, 5.74) is 6.13. The van der Waals surface area contributed by atoms with Crippen LogP contribution in [0.25, 0.3) is 0 Å². The first-order chi connectivity index (χ1) is 8.49. The molecule has 100 valence electrons. The number of ether oxygens (including phenoxy) is 2. The number of aliphatic hydroxyl groups excluding tert-OH is 3. The molecule has 6 nitrogen and oxygen atoms in total. The van der Waals surface area contributed by atoms with Gasteiger partial charge in [0.1, 0.15) is 24.1 Å². The van der Waals surface area contributed by atoms with Gasteiger partial charge in [-0.3, -0.25) is 0 Å². The molecule has 1 heterocycles. The highest BCUT2D eigenvalue weighted by Crippen LogP contribution is 2.24. The predicted octanol–water partition coefficient (Wildman–Crippen LogP) is -0.525. The van der Waals surface area contributed by atoms with Crippen LogP contribution in [0.15, 0.2) is 24.3 Å². The van der Waals surface area contributed by atoms with Crippen molar-refractivity contribution in [3.05, 3.63) is 24.3 Å². The van der Waals surface area contributed by atoms with E-state index in [2.05, 4.69) is 0 Å². The topological polar surface area (TPSA) is 105 Å². The smallest absolute Gasteiger partial charge is 0.229 e. The maximum absolute atomic E-state index is 9.76. The van der Waals surface area contributed by atoms with Crippen LogP contribution in [-0.2, 0) is 4.74 Å². The number of hydrogen-bond donors (Lipinski definition) is 4. The van der Waals surface area contributed by atoms with Gasteiger partial charge < -0.3 is 30.5 Å². The van der Waals surface area contributed by atoms with Gasteiger partial charge in [-0.2, -0.15) is 0 Å². The molecule has 1 aliphatic rings. The Bertz CT molecular complexity index is 396. The third-order valence-electron chi connectivity index (χ3n) is 2.94. The van der Waals surface area contributed by atoms with E-state index < -0.39 is 30.7 Å². The highest BCUT2D eigenvalue weighted by atomic mass is 16.7. The lowest BCUT2D eigenvalue weighted by Crippen LogP contribution is -2.58. The summed E-state index contributed by atoms with van der Waals surface area (Å²) in [5.74, 6) is 0.462. The van der Waals surface area contributed by atoms with E-state index in [1.54, 1.807) is 31.2 Å². The number of rotatable bonds is 2. The highest BCUT2D eigenvalue weighted by Gasteiger charge is 2.43. The van der Waals surface area contributed by atoms with Crippen LogP contribution in [0.2, 0.25) is 0 Å². The number of nitrogens with two attached hydrogens (primary N) is 1. The van der Waals surface area contributed by atoms with Gasteiger partial charge in [0.2, 0.25) is 6.29 Å². The molecule has 1 fully saturated rings. The Morgan fingerprint density at radius 2 is 1.67 bits per heavy atom. The van der Waals surface area contributed by atoms with E-state index in [1.807, 2.05) is 0 Å². The molecule has 2 rings (SSSR count). The van der Waals surface area contributed by atoms with Crippen LogP contribution in [-0.4, -0.2) is 46.0 Å². The van der Waals surface area contributed by atoms with Crippen molar-refractivity contribution in [3.63, 3.8) is 0 Å². The molecule has 0 bridgehead atoms. The molecule has 1 aromatic carbocycles. The monoisotopic (exact) mass is 255 g/mol. The molecule has 0 spiro atoms. The normalized spacial score (nSPS) is 36.3. The van der Waals surface area contributed by atoms with Crippen molar-refractivity contribution in [2.45, 2.75) is 37.6 Å². The first-order valence-electron chi connectivity index (χ1n) is 5.71. The predicted molar refractivity (Wildman–Crippen MR) is 63.8 cm³/mol. The van der Waals surface area contributed by atoms with Gasteiger partial charge in [0.05, 0.1) is 6.10 Å². The van der Waals surface area contributed by atoms with E-state index in [-0.39, 0.29) is 0 Å². The molecule has 1 saturated heterocycles. The van der Waals surface area contributed by atoms with Crippen molar-refractivity contribution in [2.24, 2.45) is 0 Å². The molecule has 3 unspecified atom stereocenters. The van der Waals surface area contributed by atoms with Crippen molar-refractivity contribution >= 4 is 5.69 Å². The summed E-state index contributed by atoms with van der Waals surface area (Å²) in [6.45, 7) is 1.60. The van der Waals surface area contributed by atoms with Crippen LogP contribution < -0.4 is 10.5 Å². The molecule has 0 aromatic heterocycles. The molecule has 6 heteroatoms. The van der Waals surface area contributed by atoms with Gasteiger partial charge in [-0.05, 0) is 31.2 Å². The third kappa shape index (κ3) is 2.56. The number of nitrogen functional groups attached to an aromatic ring is 1. The molecule has 1 aromatic rings. The first-order valence-corrected chi connectivity index (χ1v) is 5.71. The fraction of sp³-hybridized carbons (Fsp3) is 0.500. The zero-order valence-electron chi connectivity index (χ0n) is 9.93. The maximum Gasteiger partial charge on any atom is 0.229 e. The third-order valence-corrected chi connectivity index (χ3v) is 2.94. The van der Waals surface area contributed by atoms with Crippen LogP contribution in [0.4, 0.5) is 5.69 Å². The van der Waals surface area contributed by atoms with Crippen LogP contribution in [0.1, 0.15) is 6.92 Å². The summed E-state index contributed by atoms with van der Waals surface area (Å²) >= 11 is 0. The lowest BCUT2D eigenvalue weighted by molar-refractivity contribution is -0.268. The zero-order chi connectivity index (χ0) is 13.3. The Morgan fingerprint density at radius 3 is 2.28 bits per heavy atom. The van der Waals surface area contributed by atoms with E-state index >= 15 is 0 Å². The molecule has 0 aliphatic carbocycles. The Hall–Kier alpha value is -1.34. The second-order valence-electron chi connectivity index (χ2n) is 4.37. The number of benzene rings is 1. The molecule has 0 amide bonds. The SMILES string of the molecule is CC1O[C@@H](Oc2ccc(N)cc2)C(O)C(O)[C@@H]1O. The Balaban J connectivity index is 2.06. The molecule has 5 atom stereocenters. The van der Waals surface area contributed by atoms with Gasteiger partial charge in [-0.15, -0.1) is 0 Å².